The normalized spacial score (nSPS) is 11.7. The summed E-state index contributed by atoms with van der Waals surface area (Å²) in [5.41, 5.74) is 1.45. The number of aromatic nitrogens is 2. The molecule has 18 heavy (non-hydrogen) atoms. The molecule has 4 heteroatoms. The predicted octanol–water partition coefficient (Wildman–Crippen LogP) is 3.45. The second-order valence-electron chi connectivity index (χ2n) is 5.24. The third-order valence-electron chi connectivity index (χ3n) is 2.43. The zero-order chi connectivity index (χ0) is 13.0. The lowest BCUT2D eigenvalue weighted by molar-refractivity contribution is 0.424. The number of imidazole rings is 1. The van der Waals surface area contributed by atoms with Gasteiger partial charge in [0.15, 0.2) is 5.16 Å². The van der Waals surface area contributed by atoms with Crippen molar-refractivity contribution in [3.8, 4) is 0 Å². The van der Waals surface area contributed by atoms with E-state index in [1.54, 1.807) is 18.0 Å². The van der Waals surface area contributed by atoms with E-state index in [2.05, 4.69) is 60.3 Å². The summed E-state index contributed by atoms with van der Waals surface area (Å²) in [6, 6.07) is 8.58. The molecule has 2 N–H and O–H groups in total. The molecule has 2 aromatic rings. The van der Waals surface area contributed by atoms with Crippen LogP contribution in [0.2, 0.25) is 0 Å². The van der Waals surface area contributed by atoms with Crippen molar-refractivity contribution in [3.05, 3.63) is 42.2 Å². The minimum Gasteiger partial charge on any atom is -0.339 e. The molecule has 0 aliphatic carbocycles. The van der Waals surface area contributed by atoms with Gasteiger partial charge in [0.05, 0.1) is 0 Å². The zero-order valence-electron chi connectivity index (χ0n) is 11.0. The summed E-state index contributed by atoms with van der Waals surface area (Å²) in [6.07, 6.45) is 3.61. The van der Waals surface area contributed by atoms with Gasteiger partial charge in [0.1, 0.15) is 0 Å². The Labute approximate surface area is 112 Å². The fraction of sp³-hybridized carbons (Fsp3) is 0.357. The Morgan fingerprint density at radius 1 is 1.22 bits per heavy atom. The summed E-state index contributed by atoms with van der Waals surface area (Å²) < 4.78 is 0. The molecule has 0 saturated heterocycles. The van der Waals surface area contributed by atoms with Crippen LogP contribution in [0.25, 0.3) is 0 Å². The smallest absolute Gasteiger partial charge is 0.170 e. The van der Waals surface area contributed by atoms with Gasteiger partial charge in [0.2, 0.25) is 0 Å². The Hall–Kier alpha value is -1.26. The second kappa shape index (κ2) is 5.59. The number of aromatic amines is 1. The van der Waals surface area contributed by atoms with Crippen molar-refractivity contribution in [1.82, 2.24) is 15.3 Å². The first-order valence-electron chi connectivity index (χ1n) is 6.04. The van der Waals surface area contributed by atoms with Crippen LogP contribution in [0.4, 0.5) is 0 Å². The first kappa shape index (κ1) is 13.2. The summed E-state index contributed by atoms with van der Waals surface area (Å²) in [7, 11) is 0. The highest BCUT2D eigenvalue weighted by Crippen LogP contribution is 2.24. The summed E-state index contributed by atoms with van der Waals surface area (Å²) >= 11 is 1.64. The van der Waals surface area contributed by atoms with Crippen LogP contribution in [0.15, 0.2) is 46.7 Å². The van der Waals surface area contributed by atoms with E-state index in [-0.39, 0.29) is 5.54 Å². The van der Waals surface area contributed by atoms with Crippen LogP contribution in [0, 0.1) is 0 Å². The first-order valence-corrected chi connectivity index (χ1v) is 6.86. The third-order valence-corrected chi connectivity index (χ3v) is 3.36. The van der Waals surface area contributed by atoms with Crippen LogP contribution < -0.4 is 5.32 Å². The van der Waals surface area contributed by atoms with E-state index in [0.717, 1.165) is 11.7 Å². The second-order valence-corrected chi connectivity index (χ2v) is 6.31. The average molecular weight is 261 g/mol. The molecule has 0 fully saturated rings. The van der Waals surface area contributed by atoms with Gasteiger partial charge in [-0.2, -0.15) is 0 Å². The van der Waals surface area contributed by atoms with Gasteiger partial charge in [-0.15, -0.1) is 0 Å². The summed E-state index contributed by atoms with van der Waals surface area (Å²) in [4.78, 5) is 8.48. The molecule has 0 bridgehead atoms. The predicted molar refractivity (Wildman–Crippen MR) is 75.7 cm³/mol. The highest BCUT2D eigenvalue weighted by molar-refractivity contribution is 7.99. The minimum absolute atomic E-state index is 0.154. The van der Waals surface area contributed by atoms with Crippen molar-refractivity contribution in [2.75, 3.05) is 0 Å². The van der Waals surface area contributed by atoms with Gasteiger partial charge in [0.25, 0.3) is 0 Å². The van der Waals surface area contributed by atoms with Crippen molar-refractivity contribution in [2.24, 2.45) is 0 Å². The van der Waals surface area contributed by atoms with Crippen molar-refractivity contribution < 1.29 is 0 Å². The van der Waals surface area contributed by atoms with Gasteiger partial charge >= 0.3 is 0 Å². The number of H-pyrrole nitrogens is 1. The molecule has 2 rings (SSSR count). The molecule has 0 amide bonds. The van der Waals surface area contributed by atoms with E-state index in [4.69, 9.17) is 0 Å². The number of nitrogens with one attached hydrogen (secondary N) is 2. The Kier molecular flexibility index (Phi) is 4.09. The molecule has 0 aliphatic rings. The van der Waals surface area contributed by atoms with E-state index in [0.29, 0.717) is 0 Å². The Morgan fingerprint density at radius 3 is 2.50 bits per heavy atom. The quantitative estimate of drug-likeness (QED) is 0.885. The maximum Gasteiger partial charge on any atom is 0.170 e. The molecule has 1 aromatic heterocycles. The zero-order valence-corrected chi connectivity index (χ0v) is 11.8. The Bertz CT molecular complexity index is 469. The van der Waals surface area contributed by atoms with Crippen molar-refractivity contribution in [2.45, 2.75) is 42.9 Å². The van der Waals surface area contributed by atoms with Crippen LogP contribution >= 0.6 is 11.8 Å². The maximum atomic E-state index is 4.20. The largest absolute Gasteiger partial charge is 0.339 e. The van der Waals surface area contributed by atoms with Crippen LogP contribution in [-0.4, -0.2) is 15.5 Å². The van der Waals surface area contributed by atoms with E-state index < -0.39 is 0 Å². The molecular formula is C14H19N3S. The van der Waals surface area contributed by atoms with Gasteiger partial charge in [-0.3, -0.25) is 0 Å². The molecule has 1 heterocycles. The molecule has 0 spiro atoms. The molecule has 0 saturated carbocycles. The summed E-state index contributed by atoms with van der Waals surface area (Å²) in [5, 5.41) is 4.40. The first-order chi connectivity index (χ1) is 8.53. The lowest BCUT2D eigenvalue weighted by atomic mass is 10.1. The fourth-order valence-corrected chi connectivity index (χ4v) is 2.20. The minimum atomic E-state index is 0.154. The number of benzene rings is 1. The van der Waals surface area contributed by atoms with Crippen molar-refractivity contribution in [3.63, 3.8) is 0 Å². The van der Waals surface area contributed by atoms with E-state index >= 15 is 0 Å². The van der Waals surface area contributed by atoms with Gasteiger partial charge in [-0.25, -0.2) is 4.98 Å². The third kappa shape index (κ3) is 4.20. The molecule has 0 atom stereocenters. The Balaban J connectivity index is 1.93. The molecule has 3 nitrogen and oxygen atoms in total. The molecular weight excluding hydrogens is 242 g/mol. The number of rotatable bonds is 4. The van der Waals surface area contributed by atoms with Gasteiger partial charge < -0.3 is 10.3 Å². The van der Waals surface area contributed by atoms with Crippen LogP contribution in [-0.2, 0) is 6.54 Å². The molecule has 0 aliphatic heterocycles. The molecule has 0 radical (unpaired) electrons. The summed E-state index contributed by atoms with van der Waals surface area (Å²) in [6.45, 7) is 7.42. The van der Waals surface area contributed by atoms with Crippen LogP contribution in [0.5, 0.6) is 0 Å². The molecule has 0 unspecified atom stereocenters. The topological polar surface area (TPSA) is 40.7 Å². The number of nitrogens with zero attached hydrogens (tertiary/aromatic N) is 1. The monoisotopic (exact) mass is 261 g/mol. The SMILES string of the molecule is CC(C)(C)NCc1ccc(Sc2ncc[nH]2)cc1. The van der Waals surface area contributed by atoms with Gasteiger partial charge in [-0.1, -0.05) is 23.9 Å². The van der Waals surface area contributed by atoms with E-state index in [9.17, 15) is 0 Å². The van der Waals surface area contributed by atoms with Gasteiger partial charge in [0, 0.05) is 29.4 Å². The van der Waals surface area contributed by atoms with Crippen LogP contribution in [0.3, 0.4) is 0 Å². The fourth-order valence-electron chi connectivity index (χ4n) is 1.46. The standard InChI is InChI=1S/C14H19N3S/c1-14(2,3)17-10-11-4-6-12(7-5-11)18-13-15-8-9-16-13/h4-9,17H,10H2,1-3H3,(H,15,16). The molecule has 1 aromatic carbocycles. The van der Waals surface area contributed by atoms with Crippen molar-refractivity contribution >= 4 is 11.8 Å². The Morgan fingerprint density at radius 2 is 1.94 bits per heavy atom. The maximum absolute atomic E-state index is 4.20. The number of hydrogen-bond donors (Lipinski definition) is 2. The number of hydrogen-bond acceptors (Lipinski definition) is 3. The lowest BCUT2D eigenvalue weighted by Gasteiger charge is -2.20. The van der Waals surface area contributed by atoms with E-state index in [1.165, 1.54) is 10.5 Å². The average Bonchev–Trinajstić information content (AvgIpc) is 2.80. The highest BCUT2D eigenvalue weighted by atomic mass is 32.2. The summed E-state index contributed by atoms with van der Waals surface area (Å²) in [5.74, 6) is 0. The lowest BCUT2D eigenvalue weighted by Crippen LogP contribution is -2.35. The highest BCUT2D eigenvalue weighted by Gasteiger charge is 2.08. The van der Waals surface area contributed by atoms with Crippen molar-refractivity contribution in [1.29, 1.82) is 0 Å². The van der Waals surface area contributed by atoms with Crippen LogP contribution in [0.1, 0.15) is 26.3 Å². The molecule has 96 valence electrons. The van der Waals surface area contributed by atoms with Gasteiger partial charge in [-0.05, 0) is 38.5 Å². The van der Waals surface area contributed by atoms with E-state index in [1.807, 2.05) is 6.20 Å².